The summed E-state index contributed by atoms with van der Waals surface area (Å²) in [6.45, 7) is 9.68. The van der Waals surface area contributed by atoms with Gasteiger partial charge in [0.15, 0.2) is 11.7 Å². The first-order valence-corrected chi connectivity index (χ1v) is 12.3. The first-order chi connectivity index (χ1) is 16.5. The number of carbonyl (C=O) groups is 1. The van der Waals surface area contributed by atoms with Crippen LogP contribution in [0, 0.1) is 0 Å². The average Bonchev–Trinajstić information content (AvgIpc) is 3.31. The number of aromatic nitrogens is 1. The summed E-state index contributed by atoms with van der Waals surface area (Å²) in [6, 6.07) is 10.9. The molecule has 0 saturated heterocycles. The van der Waals surface area contributed by atoms with Gasteiger partial charge in [-0.1, -0.05) is 25.2 Å². The molecule has 0 fully saturated rings. The van der Waals surface area contributed by atoms with Crippen LogP contribution in [-0.2, 0) is 4.79 Å². The van der Waals surface area contributed by atoms with Crippen molar-refractivity contribution < 1.29 is 23.7 Å². The lowest BCUT2D eigenvalue weighted by Crippen LogP contribution is -2.41. The highest BCUT2D eigenvalue weighted by atomic mass is 32.1. The van der Waals surface area contributed by atoms with Crippen molar-refractivity contribution in [2.45, 2.75) is 20.8 Å². The Bertz CT molecular complexity index is 1030. The molecule has 1 heterocycles. The van der Waals surface area contributed by atoms with Crippen molar-refractivity contribution in [3.8, 4) is 23.0 Å². The SMILES string of the molecule is CCOc1ccc(OCC(=O)N(CCN(CC)CC)c2nc3c(OC)ccc(OC)c3s2)cc1. The van der Waals surface area contributed by atoms with E-state index in [2.05, 4.69) is 18.7 Å². The molecule has 0 saturated carbocycles. The number of fused-ring (bicyclic) bond motifs is 1. The standard InChI is InChI=1S/C25H33N3O5S/c1-6-27(7-2)15-16-28(22(29)17-33-19-11-9-18(10-12-19)32-8-3)25-26-23-20(30-4)13-14-21(31-5)24(23)34-25/h9-14H,6-8,15-17H2,1-5H3. The van der Waals surface area contributed by atoms with Gasteiger partial charge in [0.1, 0.15) is 33.2 Å². The molecule has 9 heteroatoms. The van der Waals surface area contributed by atoms with Crippen LogP contribution in [0.5, 0.6) is 23.0 Å². The number of thiazole rings is 1. The quantitative estimate of drug-likeness (QED) is 0.352. The van der Waals surface area contributed by atoms with Gasteiger partial charge in [-0.3, -0.25) is 9.69 Å². The molecule has 0 bridgehead atoms. The zero-order valence-corrected chi connectivity index (χ0v) is 21.3. The van der Waals surface area contributed by atoms with Gasteiger partial charge in [-0.2, -0.15) is 0 Å². The molecular weight excluding hydrogens is 454 g/mol. The van der Waals surface area contributed by atoms with Crippen LogP contribution in [0.1, 0.15) is 20.8 Å². The summed E-state index contributed by atoms with van der Waals surface area (Å²) in [7, 11) is 3.23. The van der Waals surface area contributed by atoms with E-state index in [1.165, 1.54) is 11.3 Å². The molecule has 34 heavy (non-hydrogen) atoms. The van der Waals surface area contributed by atoms with E-state index in [1.807, 2.05) is 31.2 Å². The summed E-state index contributed by atoms with van der Waals surface area (Å²) in [4.78, 5) is 22.0. The van der Waals surface area contributed by atoms with E-state index >= 15 is 0 Å². The number of nitrogens with zero attached hydrogens (tertiary/aromatic N) is 3. The fourth-order valence-electron chi connectivity index (χ4n) is 3.52. The van der Waals surface area contributed by atoms with E-state index < -0.39 is 0 Å². The molecule has 0 aliphatic rings. The van der Waals surface area contributed by atoms with Gasteiger partial charge in [0, 0.05) is 13.1 Å². The minimum Gasteiger partial charge on any atom is -0.495 e. The number of likely N-dealkylation sites (N-methyl/N-ethyl adjacent to an activating group) is 1. The summed E-state index contributed by atoms with van der Waals surface area (Å²) in [5, 5.41) is 0.588. The highest BCUT2D eigenvalue weighted by Gasteiger charge is 2.23. The van der Waals surface area contributed by atoms with Gasteiger partial charge in [0.25, 0.3) is 5.91 Å². The number of hydrogen-bond acceptors (Lipinski definition) is 8. The lowest BCUT2D eigenvalue weighted by Gasteiger charge is -2.24. The Morgan fingerprint density at radius 2 is 1.50 bits per heavy atom. The van der Waals surface area contributed by atoms with Crippen LogP contribution in [0.25, 0.3) is 10.2 Å². The molecule has 0 N–H and O–H groups in total. The number of ether oxygens (including phenoxy) is 4. The smallest absolute Gasteiger partial charge is 0.266 e. The third-order valence-corrected chi connectivity index (χ3v) is 6.56. The van der Waals surface area contributed by atoms with Crippen molar-refractivity contribution in [3.05, 3.63) is 36.4 Å². The monoisotopic (exact) mass is 487 g/mol. The highest BCUT2D eigenvalue weighted by molar-refractivity contribution is 7.22. The van der Waals surface area contributed by atoms with Crippen molar-refractivity contribution in [2.24, 2.45) is 0 Å². The molecule has 184 valence electrons. The molecule has 8 nitrogen and oxygen atoms in total. The molecule has 0 aliphatic heterocycles. The van der Waals surface area contributed by atoms with Crippen LogP contribution >= 0.6 is 11.3 Å². The predicted molar refractivity (Wildman–Crippen MR) is 136 cm³/mol. The number of carbonyl (C=O) groups excluding carboxylic acids is 1. The van der Waals surface area contributed by atoms with E-state index in [4.69, 9.17) is 23.9 Å². The second-order valence-corrected chi connectivity index (χ2v) is 8.39. The Kier molecular flexibility index (Phi) is 9.35. The minimum atomic E-state index is -0.168. The van der Waals surface area contributed by atoms with Gasteiger partial charge in [-0.25, -0.2) is 4.98 Å². The molecule has 3 rings (SSSR count). The largest absolute Gasteiger partial charge is 0.495 e. The fourth-order valence-corrected chi connectivity index (χ4v) is 4.64. The molecule has 1 amide bonds. The molecule has 0 spiro atoms. The second kappa shape index (κ2) is 12.4. The van der Waals surface area contributed by atoms with E-state index in [-0.39, 0.29) is 12.5 Å². The Balaban J connectivity index is 1.84. The van der Waals surface area contributed by atoms with Crippen molar-refractivity contribution >= 4 is 32.6 Å². The van der Waals surface area contributed by atoms with Gasteiger partial charge in [-0.15, -0.1) is 0 Å². The fraction of sp³-hybridized carbons (Fsp3) is 0.440. The molecule has 0 unspecified atom stereocenters. The lowest BCUT2D eigenvalue weighted by atomic mass is 10.3. The minimum absolute atomic E-state index is 0.101. The number of methoxy groups -OCH3 is 2. The van der Waals surface area contributed by atoms with Crippen molar-refractivity contribution in [1.29, 1.82) is 0 Å². The first-order valence-electron chi connectivity index (χ1n) is 11.4. The Hall–Kier alpha value is -3.04. The van der Waals surface area contributed by atoms with E-state index in [9.17, 15) is 4.79 Å². The maximum Gasteiger partial charge on any atom is 0.266 e. The zero-order chi connectivity index (χ0) is 24.5. The number of anilines is 1. The lowest BCUT2D eigenvalue weighted by molar-refractivity contribution is -0.120. The number of hydrogen-bond donors (Lipinski definition) is 0. The van der Waals surface area contributed by atoms with Crippen molar-refractivity contribution in [2.75, 3.05) is 58.5 Å². The molecule has 0 aliphatic carbocycles. The Morgan fingerprint density at radius 1 is 0.882 bits per heavy atom. The van der Waals surface area contributed by atoms with Crippen molar-refractivity contribution in [1.82, 2.24) is 9.88 Å². The molecule has 1 aromatic heterocycles. The predicted octanol–water partition coefficient (Wildman–Crippen LogP) is 4.47. The van der Waals surface area contributed by atoms with Gasteiger partial charge >= 0.3 is 0 Å². The van der Waals surface area contributed by atoms with Crippen LogP contribution < -0.4 is 23.8 Å². The van der Waals surface area contributed by atoms with Gasteiger partial charge in [0.05, 0.1) is 20.8 Å². The molecule has 2 aromatic carbocycles. The number of amides is 1. The van der Waals surface area contributed by atoms with E-state index in [0.717, 1.165) is 30.1 Å². The Morgan fingerprint density at radius 3 is 2.09 bits per heavy atom. The summed E-state index contributed by atoms with van der Waals surface area (Å²) in [6.07, 6.45) is 0. The maximum atomic E-state index is 13.3. The van der Waals surface area contributed by atoms with Crippen LogP contribution in [-0.4, -0.2) is 69.4 Å². The zero-order valence-electron chi connectivity index (χ0n) is 20.5. The van der Waals surface area contributed by atoms with Gasteiger partial charge in [-0.05, 0) is 56.4 Å². The molecule has 0 atom stereocenters. The molecule has 3 aromatic rings. The highest BCUT2D eigenvalue weighted by Crippen LogP contribution is 2.40. The molecular formula is C25H33N3O5S. The third-order valence-electron chi connectivity index (χ3n) is 5.46. The van der Waals surface area contributed by atoms with Crippen molar-refractivity contribution in [3.63, 3.8) is 0 Å². The average molecular weight is 488 g/mol. The molecule has 0 radical (unpaired) electrons. The van der Waals surface area contributed by atoms with Crippen LogP contribution in [0.2, 0.25) is 0 Å². The normalized spacial score (nSPS) is 11.0. The number of benzene rings is 2. The summed E-state index contributed by atoms with van der Waals surface area (Å²) in [5.41, 5.74) is 0.676. The summed E-state index contributed by atoms with van der Waals surface area (Å²) in [5.74, 6) is 2.53. The van der Waals surface area contributed by atoms with Crippen LogP contribution in [0.4, 0.5) is 5.13 Å². The summed E-state index contributed by atoms with van der Waals surface area (Å²) >= 11 is 1.41. The second-order valence-electron chi connectivity index (χ2n) is 7.41. The van der Waals surface area contributed by atoms with E-state index in [1.54, 1.807) is 31.3 Å². The van der Waals surface area contributed by atoms with Gasteiger partial charge in [0.2, 0.25) is 0 Å². The van der Waals surface area contributed by atoms with Gasteiger partial charge < -0.3 is 23.8 Å². The third kappa shape index (κ3) is 6.09. The van der Waals surface area contributed by atoms with Crippen LogP contribution in [0.15, 0.2) is 36.4 Å². The Labute approximate surface area is 205 Å². The number of rotatable bonds is 13. The maximum absolute atomic E-state index is 13.3. The topological polar surface area (TPSA) is 73.4 Å². The van der Waals surface area contributed by atoms with Crippen LogP contribution in [0.3, 0.4) is 0 Å². The summed E-state index contributed by atoms with van der Waals surface area (Å²) < 4.78 is 23.1. The van der Waals surface area contributed by atoms with E-state index in [0.29, 0.717) is 41.0 Å². The first kappa shape index (κ1) is 25.6.